The molecule has 0 heterocycles. The van der Waals surface area contributed by atoms with E-state index in [-0.39, 0.29) is 32.0 Å². The number of ketones is 2. The second kappa shape index (κ2) is 4.76. The van der Waals surface area contributed by atoms with Gasteiger partial charge in [0.15, 0.2) is 11.6 Å². The van der Waals surface area contributed by atoms with Crippen molar-refractivity contribution in [2.75, 3.05) is 0 Å². The smallest absolute Gasteiger partial charge is 0.198 e. The molecule has 3 nitrogen and oxygen atoms in total. The Morgan fingerprint density at radius 1 is 0.944 bits per heavy atom. The number of aromatic hydroxyl groups is 1. The first-order valence-corrected chi connectivity index (χ1v) is 5.89. The van der Waals surface area contributed by atoms with Gasteiger partial charge >= 0.3 is 0 Å². The Labute approximate surface area is 117 Å². The molecule has 1 aromatic carbocycles. The van der Waals surface area contributed by atoms with Crippen LogP contribution in [0.3, 0.4) is 0 Å². The van der Waals surface area contributed by atoms with E-state index in [1.54, 1.807) is 0 Å². The van der Waals surface area contributed by atoms with E-state index in [4.69, 9.17) is 34.8 Å². The molecule has 1 aliphatic carbocycles. The third kappa shape index (κ3) is 2.29. The molecule has 0 aliphatic heterocycles. The second-order valence-electron chi connectivity index (χ2n) is 3.56. The average molecular weight is 304 g/mol. The van der Waals surface area contributed by atoms with Crippen LogP contribution < -0.4 is 0 Å². The monoisotopic (exact) mass is 302 g/mol. The van der Waals surface area contributed by atoms with Crippen molar-refractivity contribution in [3.8, 4) is 5.75 Å². The minimum absolute atomic E-state index is 0.0106. The lowest BCUT2D eigenvalue weighted by Crippen LogP contribution is -2.10. The summed E-state index contributed by atoms with van der Waals surface area (Å²) in [5.41, 5.74) is 0.0587. The van der Waals surface area contributed by atoms with Crippen LogP contribution in [-0.4, -0.2) is 16.7 Å². The molecule has 0 unspecified atom stereocenters. The number of halogens is 3. The van der Waals surface area contributed by atoms with E-state index in [2.05, 4.69) is 0 Å². The largest absolute Gasteiger partial charge is 0.507 e. The Hall–Kier alpha value is -1.29. The van der Waals surface area contributed by atoms with Crippen LogP contribution in [0.1, 0.15) is 5.56 Å². The van der Waals surface area contributed by atoms with Gasteiger partial charge in [0, 0.05) is 22.2 Å². The zero-order valence-electron chi connectivity index (χ0n) is 8.71. The average Bonchev–Trinajstić information content (AvgIpc) is 2.24. The number of hydrogen-bond donors (Lipinski definition) is 1. The standard InChI is InChI=1S/C12H5Cl3O3/c13-5-1-8(15)12(11(18)2-5)6-3-10(17)7(14)4-9(6)16/h1-4,18H. The highest BCUT2D eigenvalue weighted by Gasteiger charge is 2.24. The third-order valence-corrected chi connectivity index (χ3v) is 3.15. The fourth-order valence-corrected chi connectivity index (χ4v) is 2.30. The Bertz CT molecular complexity index is 606. The van der Waals surface area contributed by atoms with E-state index >= 15 is 0 Å². The van der Waals surface area contributed by atoms with Crippen LogP contribution in [0, 0.1) is 0 Å². The molecule has 6 heteroatoms. The third-order valence-electron chi connectivity index (χ3n) is 2.34. The Balaban J connectivity index is 2.61. The molecule has 0 amide bonds. The van der Waals surface area contributed by atoms with Crippen molar-refractivity contribution in [1.29, 1.82) is 0 Å². The summed E-state index contributed by atoms with van der Waals surface area (Å²) < 4.78 is 0. The highest BCUT2D eigenvalue weighted by molar-refractivity contribution is 6.51. The lowest BCUT2D eigenvalue weighted by Gasteiger charge is -2.12. The minimum atomic E-state index is -0.517. The Kier molecular flexibility index (Phi) is 3.48. The van der Waals surface area contributed by atoms with Gasteiger partial charge in [-0.2, -0.15) is 0 Å². The van der Waals surface area contributed by atoms with Crippen LogP contribution in [0.5, 0.6) is 5.75 Å². The van der Waals surface area contributed by atoms with E-state index in [0.717, 1.165) is 12.2 Å². The highest BCUT2D eigenvalue weighted by atomic mass is 35.5. The van der Waals surface area contributed by atoms with E-state index in [0.29, 0.717) is 0 Å². The molecule has 0 fully saturated rings. The van der Waals surface area contributed by atoms with Gasteiger partial charge in [-0.1, -0.05) is 34.8 Å². The summed E-state index contributed by atoms with van der Waals surface area (Å²) in [4.78, 5) is 23.2. The maximum atomic E-state index is 11.8. The van der Waals surface area contributed by atoms with E-state index < -0.39 is 11.6 Å². The van der Waals surface area contributed by atoms with Gasteiger partial charge in [0.05, 0.1) is 10.1 Å². The molecule has 2 rings (SSSR count). The first kappa shape index (κ1) is 13.1. The van der Waals surface area contributed by atoms with Gasteiger partial charge < -0.3 is 5.11 Å². The van der Waals surface area contributed by atoms with Gasteiger partial charge in [0.1, 0.15) is 5.75 Å². The van der Waals surface area contributed by atoms with Gasteiger partial charge in [-0.05, 0) is 18.2 Å². The maximum Gasteiger partial charge on any atom is 0.198 e. The molecule has 18 heavy (non-hydrogen) atoms. The van der Waals surface area contributed by atoms with Crippen LogP contribution in [0.15, 0.2) is 29.3 Å². The number of allylic oxidation sites excluding steroid dienone is 4. The summed E-state index contributed by atoms with van der Waals surface area (Å²) in [6, 6.07) is 2.61. The Morgan fingerprint density at radius 3 is 2.22 bits per heavy atom. The quantitative estimate of drug-likeness (QED) is 0.809. The molecule has 0 saturated heterocycles. The number of hydrogen-bond acceptors (Lipinski definition) is 3. The number of phenolic OH excluding ortho intramolecular Hbond substituents is 1. The molecule has 1 aromatic rings. The van der Waals surface area contributed by atoms with Crippen LogP contribution >= 0.6 is 34.8 Å². The number of carbonyl (C=O) groups excluding carboxylic acids is 2. The van der Waals surface area contributed by atoms with Crippen molar-refractivity contribution in [3.63, 3.8) is 0 Å². The first-order chi connectivity index (χ1) is 8.40. The van der Waals surface area contributed by atoms with Gasteiger partial charge in [0.2, 0.25) is 0 Å². The van der Waals surface area contributed by atoms with Gasteiger partial charge in [-0.15, -0.1) is 0 Å². The van der Waals surface area contributed by atoms with Crippen molar-refractivity contribution < 1.29 is 14.7 Å². The molecule has 1 aliphatic rings. The van der Waals surface area contributed by atoms with Gasteiger partial charge in [0.25, 0.3) is 0 Å². The molecule has 0 saturated carbocycles. The second-order valence-corrected chi connectivity index (χ2v) is 4.81. The zero-order chi connectivity index (χ0) is 13.4. The van der Waals surface area contributed by atoms with Gasteiger partial charge in [-0.3, -0.25) is 9.59 Å². The molecule has 0 spiro atoms. The molecular formula is C12H5Cl3O3. The summed E-state index contributed by atoms with van der Waals surface area (Å²) in [7, 11) is 0. The summed E-state index contributed by atoms with van der Waals surface area (Å²) in [5.74, 6) is -1.29. The maximum absolute atomic E-state index is 11.8. The summed E-state index contributed by atoms with van der Waals surface area (Å²) >= 11 is 17.2. The highest BCUT2D eigenvalue weighted by Crippen LogP contribution is 2.37. The number of carbonyl (C=O) groups is 2. The molecular weight excluding hydrogens is 298 g/mol. The van der Waals surface area contributed by atoms with Crippen LogP contribution in [0.25, 0.3) is 5.57 Å². The SMILES string of the molecule is O=C1C=C(c2c(O)cc(Cl)cc2Cl)C(=O)C=C1Cl. The normalized spacial score (nSPS) is 15.5. The Morgan fingerprint density at radius 2 is 1.61 bits per heavy atom. The summed E-state index contributed by atoms with van der Waals surface area (Å²) in [6.07, 6.45) is 2.03. The fourth-order valence-electron chi connectivity index (χ4n) is 1.56. The molecule has 0 aromatic heterocycles. The lowest BCUT2D eigenvalue weighted by molar-refractivity contribution is -0.113. The van der Waals surface area contributed by atoms with E-state index in [1.807, 2.05) is 0 Å². The van der Waals surface area contributed by atoms with Crippen LogP contribution in [0.2, 0.25) is 10.0 Å². The van der Waals surface area contributed by atoms with E-state index in [9.17, 15) is 14.7 Å². The molecule has 92 valence electrons. The predicted molar refractivity (Wildman–Crippen MR) is 70.1 cm³/mol. The van der Waals surface area contributed by atoms with Crippen molar-refractivity contribution in [2.45, 2.75) is 0 Å². The van der Waals surface area contributed by atoms with Crippen molar-refractivity contribution >= 4 is 51.9 Å². The van der Waals surface area contributed by atoms with Crippen molar-refractivity contribution in [3.05, 3.63) is 44.9 Å². The first-order valence-electron chi connectivity index (χ1n) is 4.76. The number of phenols is 1. The lowest BCUT2D eigenvalue weighted by atomic mass is 9.95. The van der Waals surface area contributed by atoms with Crippen LogP contribution in [-0.2, 0) is 9.59 Å². The fraction of sp³-hybridized carbons (Fsp3) is 0. The van der Waals surface area contributed by atoms with E-state index in [1.165, 1.54) is 12.1 Å². The van der Waals surface area contributed by atoms with Crippen LogP contribution in [0.4, 0.5) is 0 Å². The summed E-state index contributed by atoms with van der Waals surface area (Å²) in [5, 5.41) is 9.90. The van der Waals surface area contributed by atoms with Crippen molar-refractivity contribution in [1.82, 2.24) is 0 Å². The summed E-state index contributed by atoms with van der Waals surface area (Å²) in [6.45, 7) is 0. The topological polar surface area (TPSA) is 54.4 Å². The predicted octanol–water partition coefficient (Wildman–Crippen LogP) is 3.36. The van der Waals surface area contributed by atoms with Crippen molar-refractivity contribution in [2.24, 2.45) is 0 Å². The minimum Gasteiger partial charge on any atom is -0.507 e. The number of benzene rings is 1. The molecule has 1 N–H and O–H groups in total. The molecule has 0 atom stereocenters. The molecule has 0 bridgehead atoms. The van der Waals surface area contributed by atoms with Gasteiger partial charge in [-0.25, -0.2) is 0 Å². The molecule has 0 radical (unpaired) electrons. The zero-order valence-corrected chi connectivity index (χ0v) is 11.0. The number of rotatable bonds is 1.